The summed E-state index contributed by atoms with van der Waals surface area (Å²) >= 11 is 1.37. The Morgan fingerprint density at radius 1 is 1.50 bits per heavy atom. The van der Waals surface area contributed by atoms with Crippen LogP contribution in [-0.4, -0.2) is 32.4 Å². The van der Waals surface area contributed by atoms with Crippen molar-refractivity contribution in [3.8, 4) is 0 Å². The molecule has 1 aromatic rings. The van der Waals surface area contributed by atoms with Gasteiger partial charge in [-0.25, -0.2) is 8.42 Å². The third kappa shape index (κ3) is 2.61. The van der Waals surface area contributed by atoms with E-state index in [1.807, 2.05) is 13.1 Å². The number of thiophene rings is 1. The average Bonchev–Trinajstić information content (AvgIpc) is 2.97. The van der Waals surface area contributed by atoms with Crippen LogP contribution < -0.4 is 5.32 Å². The first-order valence-corrected chi connectivity index (χ1v) is 8.60. The molecule has 1 aromatic heterocycles. The van der Waals surface area contributed by atoms with E-state index in [2.05, 4.69) is 12.2 Å². The molecule has 6 heteroatoms. The molecule has 1 unspecified atom stereocenters. The second-order valence-electron chi connectivity index (χ2n) is 4.57. The average molecular weight is 288 g/mol. The SMILES string of the molecule is CCC1CCCN1S(=O)(=O)c1ccc(CNC)s1. The molecule has 0 aromatic carbocycles. The summed E-state index contributed by atoms with van der Waals surface area (Å²) < 4.78 is 27.2. The van der Waals surface area contributed by atoms with E-state index in [1.54, 1.807) is 10.4 Å². The molecule has 1 aliphatic heterocycles. The van der Waals surface area contributed by atoms with E-state index in [0.717, 1.165) is 30.7 Å². The molecule has 1 saturated heterocycles. The fraction of sp³-hybridized carbons (Fsp3) is 0.667. The molecule has 2 heterocycles. The third-order valence-electron chi connectivity index (χ3n) is 3.35. The molecular weight excluding hydrogens is 268 g/mol. The zero-order valence-corrected chi connectivity index (χ0v) is 12.5. The Balaban J connectivity index is 2.24. The Morgan fingerprint density at radius 3 is 2.94 bits per heavy atom. The van der Waals surface area contributed by atoms with Crippen molar-refractivity contribution in [2.75, 3.05) is 13.6 Å². The van der Waals surface area contributed by atoms with Gasteiger partial charge < -0.3 is 5.32 Å². The number of nitrogens with one attached hydrogen (secondary N) is 1. The number of rotatable bonds is 5. The minimum absolute atomic E-state index is 0.185. The van der Waals surface area contributed by atoms with Crippen LogP contribution >= 0.6 is 11.3 Å². The highest BCUT2D eigenvalue weighted by atomic mass is 32.2. The summed E-state index contributed by atoms with van der Waals surface area (Å²) in [7, 11) is -1.41. The van der Waals surface area contributed by atoms with E-state index >= 15 is 0 Å². The molecule has 1 fully saturated rings. The fourth-order valence-corrected chi connectivity index (χ4v) is 5.68. The smallest absolute Gasteiger partial charge is 0.252 e. The highest BCUT2D eigenvalue weighted by molar-refractivity contribution is 7.91. The van der Waals surface area contributed by atoms with Gasteiger partial charge in [-0.1, -0.05) is 6.92 Å². The molecule has 0 aliphatic carbocycles. The van der Waals surface area contributed by atoms with Crippen molar-refractivity contribution in [1.29, 1.82) is 0 Å². The van der Waals surface area contributed by atoms with Crippen LogP contribution in [0.5, 0.6) is 0 Å². The van der Waals surface area contributed by atoms with E-state index in [-0.39, 0.29) is 6.04 Å². The van der Waals surface area contributed by atoms with Crippen LogP contribution in [0, 0.1) is 0 Å². The predicted molar refractivity (Wildman–Crippen MR) is 74.3 cm³/mol. The van der Waals surface area contributed by atoms with Gasteiger partial charge in [-0.15, -0.1) is 11.3 Å². The number of hydrogen-bond acceptors (Lipinski definition) is 4. The molecule has 0 amide bonds. The lowest BCUT2D eigenvalue weighted by Crippen LogP contribution is -2.34. The Kier molecular flexibility index (Phi) is 4.42. The monoisotopic (exact) mass is 288 g/mol. The van der Waals surface area contributed by atoms with Crippen LogP contribution in [0.25, 0.3) is 0 Å². The van der Waals surface area contributed by atoms with Gasteiger partial charge in [0, 0.05) is 24.0 Å². The second kappa shape index (κ2) is 5.69. The summed E-state index contributed by atoms with van der Waals surface area (Å²) in [5.74, 6) is 0. The molecule has 0 spiro atoms. The van der Waals surface area contributed by atoms with Crippen molar-refractivity contribution in [1.82, 2.24) is 9.62 Å². The van der Waals surface area contributed by atoms with Crippen LogP contribution in [0.2, 0.25) is 0 Å². The maximum absolute atomic E-state index is 12.5. The van der Waals surface area contributed by atoms with E-state index in [9.17, 15) is 8.42 Å². The van der Waals surface area contributed by atoms with Crippen LogP contribution in [0.4, 0.5) is 0 Å². The summed E-state index contributed by atoms with van der Waals surface area (Å²) in [4.78, 5) is 1.06. The molecule has 0 saturated carbocycles. The maximum atomic E-state index is 12.5. The Bertz CT molecular complexity index is 496. The Hall–Kier alpha value is -0.430. The predicted octanol–water partition coefficient (Wildman–Crippen LogP) is 2.03. The van der Waals surface area contributed by atoms with Gasteiger partial charge in [-0.05, 0) is 38.4 Å². The molecule has 1 atom stereocenters. The summed E-state index contributed by atoms with van der Waals surface area (Å²) in [6, 6.07) is 3.81. The first kappa shape index (κ1) is 14.0. The van der Waals surface area contributed by atoms with Crippen molar-refractivity contribution in [2.24, 2.45) is 0 Å². The first-order valence-electron chi connectivity index (χ1n) is 6.34. The number of nitrogens with zero attached hydrogens (tertiary/aromatic N) is 1. The number of sulfonamides is 1. The second-order valence-corrected chi connectivity index (χ2v) is 7.86. The number of hydrogen-bond donors (Lipinski definition) is 1. The molecular formula is C12H20N2O2S2. The summed E-state index contributed by atoms with van der Waals surface area (Å²) in [6.07, 6.45) is 2.87. The topological polar surface area (TPSA) is 49.4 Å². The molecule has 0 bridgehead atoms. The Morgan fingerprint density at radius 2 is 2.28 bits per heavy atom. The molecule has 18 heavy (non-hydrogen) atoms. The van der Waals surface area contributed by atoms with Gasteiger partial charge in [0.2, 0.25) is 0 Å². The lowest BCUT2D eigenvalue weighted by atomic mass is 10.2. The molecule has 1 aliphatic rings. The Labute approximate surface area is 113 Å². The molecule has 0 radical (unpaired) electrons. The maximum Gasteiger partial charge on any atom is 0.252 e. The lowest BCUT2D eigenvalue weighted by molar-refractivity contribution is 0.380. The van der Waals surface area contributed by atoms with Gasteiger partial charge in [0.25, 0.3) is 10.0 Å². The van der Waals surface area contributed by atoms with E-state index in [0.29, 0.717) is 10.8 Å². The minimum atomic E-state index is -3.27. The highest BCUT2D eigenvalue weighted by Crippen LogP contribution is 2.31. The summed E-state index contributed by atoms with van der Waals surface area (Å²) in [5.41, 5.74) is 0. The molecule has 2 rings (SSSR count). The van der Waals surface area contributed by atoms with Gasteiger partial charge in [0.15, 0.2) is 0 Å². The van der Waals surface area contributed by atoms with E-state index < -0.39 is 10.0 Å². The standard InChI is InChI=1S/C12H20N2O2S2/c1-3-10-5-4-8-14(10)18(15,16)12-7-6-11(17-12)9-13-2/h6-7,10,13H,3-5,8-9H2,1-2H3. The van der Waals surface area contributed by atoms with Gasteiger partial charge in [0.1, 0.15) is 4.21 Å². The molecule has 1 N–H and O–H groups in total. The quantitative estimate of drug-likeness (QED) is 0.902. The van der Waals surface area contributed by atoms with Crippen molar-refractivity contribution < 1.29 is 8.42 Å². The zero-order valence-electron chi connectivity index (χ0n) is 10.8. The van der Waals surface area contributed by atoms with Crippen LogP contribution in [-0.2, 0) is 16.6 Å². The van der Waals surface area contributed by atoms with Gasteiger partial charge in [-0.3, -0.25) is 0 Å². The lowest BCUT2D eigenvalue weighted by Gasteiger charge is -2.21. The molecule has 102 valence electrons. The van der Waals surface area contributed by atoms with Gasteiger partial charge in [0.05, 0.1) is 0 Å². The summed E-state index contributed by atoms with van der Waals surface area (Å²) in [6.45, 7) is 3.44. The van der Waals surface area contributed by atoms with Crippen molar-refractivity contribution in [3.05, 3.63) is 17.0 Å². The van der Waals surface area contributed by atoms with Gasteiger partial charge >= 0.3 is 0 Å². The fourth-order valence-electron chi connectivity index (χ4n) is 2.42. The highest BCUT2D eigenvalue weighted by Gasteiger charge is 2.34. The van der Waals surface area contributed by atoms with Crippen LogP contribution in [0.15, 0.2) is 16.3 Å². The van der Waals surface area contributed by atoms with Crippen molar-refractivity contribution >= 4 is 21.4 Å². The van der Waals surface area contributed by atoms with E-state index in [1.165, 1.54) is 11.3 Å². The van der Waals surface area contributed by atoms with Crippen molar-refractivity contribution in [3.63, 3.8) is 0 Å². The molecule has 4 nitrogen and oxygen atoms in total. The van der Waals surface area contributed by atoms with Crippen LogP contribution in [0.1, 0.15) is 31.1 Å². The normalized spacial score (nSPS) is 21.6. The minimum Gasteiger partial charge on any atom is -0.315 e. The first-order chi connectivity index (χ1) is 8.59. The van der Waals surface area contributed by atoms with Gasteiger partial charge in [-0.2, -0.15) is 4.31 Å². The third-order valence-corrected chi connectivity index (χ3v) is 6.85. The zero-order chi connectivity index (χ0) is 13.2. The van der Waals surface area contributed by atoms with Crippen LogP contribution in [0.3, 0.4) is 0 Å². The van der Waals surface area contributed by atoms with Crippen molar-refractivity contribution in [2.45, 2.75) is 43.0 Å². The largest absolute Gasteiger partial charge is 0.315 e. The summed E-state index contributed by atoms with van der Waals surface area (Å²) in [5, 5.41) is 3.04. The van der Waals surface area contributed by atoms with E-state index in [4.69, 9.17) is 0 Å².